The third-order valence-electron chi connectivity index (χ3n) is 6.90. The minimum absolute atomic E-state index is 0.0746. The Morgan fingerprint density at radius 2 is 1.66 bits per heavy atom. The zero-order chi connectivity index (χ0) is 30.2. The van der Waals surface area contributed by atoms with Gasteiger partial charge in [0, 0.05) is 17.5 Å². The molecule has 1 N–H and O–H groups in total. The maximum atomic E-state index is 14.0. The van der Waals surface area contributed by atoms with E-state index in [1.807, 2.05) is 39.2 Å². The first-order valence-electron chi connectivity index (χ1n) is 13.5. The van der Waals surface area contributed by atoms with Gasteiger partial charge in [0.15, 0.2) is 0 Å². The van der Waals surface area contributed by atoms with Crippen molar-refractivity contribution in [2.24, 2.45) is 0 Å². The zero-order valence-electron chi connectivity index (χ0n) is 24.5. The lowest BCUT2D eigenvalue weighted by Crippen LogP contribution is -2.52. The van der Waals surface area contributed by atoms with Crippen LogP contribution in [0, 0.1) is 6.92 Å². The molecule has 0 aliphatic heterocycles. The Bertz CT molecular complexity index is 1430. The highest BCUT2D eigenvalue weighted by Crippen LogP contribution is 2.27. The van der Waals surface area contributed by atoms with Gasteiger partial charge in [-0.3, -0.25) is 13.9 Å². The molecular formula is C31H39N3O5S2. The molecule has 0 heterocycles. The van der Waals surface area contributed by atoms with Gasteiger partial charge in [0.05, 0.1) is 17.7 Å². The van der Waals surface area contributed by atoms with Crippen molar-refractivity contribution in [1.29, 1.82) is 0 Å². The Hall–Kier alpha value is -3.50. The van der Waals surface area contributed by atoms with E-state index in [4.69, 9.17) is 4.74 Å². The van der Waals surface area contributed by atoms with E-state index in [9.17, 15) is 18.0 Å². The fraction of sp³-hybridized carbons (Fsp3) is 0.355. The number of sulfonamides is 1. The largest absolute Gasteiger partial charge is 0.497 e. The van der Waals surface area contributed by atoms with Gasteiger partial charge in [-0.2, -0.15) is 0 Å². The molecule has 3 aromatic rings. The molecule has 220 valence electrons. The number of carbonyl (C=O) groups is 2. The number of nitrogens with zero attached hydrogens (tertiary/aromatic N) is 2. The summed E-state index contributed by atoms with van der Waals surface area (Å²) in [6.07, 6.45) is 2.65. The summed E-state index contributed by atoms with van der Waals surface area (Å²) >= 11 is 1.51. The molecule has 0 aliphatic rings. The number of nitrogens with one attached hydrogen (secondary N) is 1. The van der Waals surface area contributed by atoms with E-state index in [-0.39, 0.29) is 23.4 Å². The topological polar surface area (TPSA) is 96.0 Å². The lowest BCUT2D eigenvalue weighted by molar-refractivity contribution is -0.139. The van der Waals surface area contributed by atoms with Crippen molar-refractivity contribution in [3.05, 3.63) is 83.9 Å². The van der Waals surface area contributed by atoms with Gasteiger partial charge in [-0.05, 0) is 87.5 Å². The molecule has 8 nitrogen and oxygen atoms in total. The van der Waals surface area contributed by atoms with Crippen LogP contribution in [-0.2, 0) is 26.2 Å². The fourth-order valence-corrected chi connectivity index (χ4v) is 5.95. The first kappa shape index (κ1) is 32.0. The number of thioether (sulfide) groups is 1. The molecule has 3 rings (SSSR count). The number of methoxy groups -OCH3 is 1. The standard InChI is InChI=1S/C31H39N3O5S2/c1-7-23(3)32-31(36)24(4)33(20-25-9-8-10-27(19-25)39-5)30(35)21-34(26-13-11-22(2)12-14-26)41(37,38)29-17-15-28(40-6)16-18-29/h8-19,23-24H,7,20-21H2,1-6H3,(H,32,36)/t23-,24+/m0/s1. The lowest BCUT2D eigenvalue weighted by atomic mass is 10.1. The Labute approximate surface area is 248 Å². The Kier molecular flexibility index (Phi) is 11.3. The van der Waals surface area contributed by atoms with Gasteiger partial charge in [0.1, 0.15) is 18.3 Å². The monoisotopic (exact) mass is 597 g/mol. The molecule has 0 fully saturated rings. The van der Waals surface area contributed by atoms with Crippen molar-refractivity contribution >= 4 is 39.3 Å². The molecule has 3 aromatic carbocycles. The van der Waals surface area contributed by atoms with Gasteiger partial charge in [0.2, 0.25) is 11.8 Å². The average Bonchev–Trinajstić information content (AvgIpc) is 2.98. The second kappa shape index (κ2) is 14.4. The normalized spacial score (nSPS) is 12.7. The molecule has 0 saturated carbocycles. The smallest absolute Gasteiger partial charge is 0.264 e. The molecule has 0 aromatic heterocycles. The van der Waals surface area contributed by atoms with E-state index in [1.165, 1.54) is 16.7 Å². The fourth-order valence-electron chi connectivity index (χ4n) is 4.13. The molecule has 41 heavy (non-hydrogen) atoms. The van der Waals surface area contributed by atoms with E-state index in [0.717, 1.165) is 26.7 Å². The first-order chi connectivity index (χ1) is 19.5. The summed E-state index contributed by atoms with van der Waals surface area (Å²) in [5.74, 6) is -0.207. The average molecular weight is 598 g/mol. The number of anilines is 1. The Morgan fingerprint density at radius 1 is 1.00 bits per heavy atom. The molecule has 0 aliphatic carbocycles. The number of benzene rings is 3. The third kappa shape index (κ3) is 8.27. The van der Waals surface area contributed by atoms with Crippen LogP contribution in [0.4, 0.5) is 5.69 Å². The summed E-state index contributed by atoms with van der Waals surface area (Å²) in [5.41, 5.74) is 2.06. The van der Waals surface area contributed by atoms with Crippen LogP contribution in [0.25, 0.3) is 0 Å². The van der Waals surface area contributed by atoms with Gasteiger partial charge in [-0.15, -0.1) is 11.8 Å². The maximum Gasteiger partial charge on any atom is 0.264 e. The third-order valence-corrected chi connectivity index (χ3v) is 9.44. The van der Waals surface area contributed by atoms with Gasteiger partial charge in [-0.1, -0.05) is 36.8 Å². The Balaban J connectivity index is 2.03. The number of rotatable bonds is 13. The first-order valence-corrected chi connectivity index (χ1v) is 16.1. The van der Waals surface area contributed by atoms with Gasteiger partial charge in [-0.25, -0.2) is 8.42 Å². The summed E-state index contributed by atoms with van der Waals surface area (Å²) in [6, 6.07) is 19.8. The minimum Gasteiger partial charge on any atom is -0.497 e. The van der Waals surface area contributed by atoms with Crippen molar-refractivity contribution in [2.75, 3.05) is 24.2 Å². The predicted molar refractivity (Wildman–Crippen MR) is 165 cm³/mol. The van der Waals surface area contributed by atoms with Gasteiger partial charge < -0.3 is 15.0 Å². The van der Waals surface area contributed by atoms with Crippen LogP contribution in [0.5, 0.6) is 5.75 Å². The second-order valence-corrected chi connectivity index (χ2v) is 12.6. The molecule has 2 amide bonds. The summed E-state index contributed by atoms with van der Waals surface area (Å²) < 4.78 is 34.4. The molecule has 0 spiro atoms. The van der Waals surface area contributed by atoms with E-state index in [0.29, 0.717) is 11.4 Å². The van der Waals surface area contributed by atoms with Crippen molar-refractivity contribution in [2.45, 2.75) is 62.5 Å². The van der Waals surface area contributed by atoms with E-state index in [1.54, 1.807) is 74.7 Å². The quantitative estimate of drug-likeness (QED) is 0.270. The van der Waals surface area contributed by atoms with Gasteiger partial charge >= 0.3 is 0 Å². The maximum absolute atomic E-state index is 14.0. The van der Waals surface area contributed by atoms with Crippen molar-refractivity contribution in [1.82, 2.24) is 10.2 Å². The van der Waals surface area contributed by atoms with Crippen molar-refractivity contribution in [3.63, 3.8) is 0 Å². The molecule has 0 saturated heterocycles. The van der Waals surface area contributed by atoms with Crippen LogP contribution in [0.15, 0.2) is 82.6 Å². The number of aryl methyl sites for hydroxylation is 1. The van der Waals surface area contributed by atoms with Crippen LogP contribution < -0.4 is 14.4 Å². The second-order valence-electron chi connectivity index (χ2n) is 9.89. The van der Waals surface area contributed by atoms with E-state index in [2.05, 4.69) is 5.32 Å². The minimum atomic E-state index is -4.12. The summed E-state index contributed by atoms with van der Waals surface area (Å²) in [7, 11) is -2.56. The SMILES string of the molecule is CC[C@H](C)NC(=O)[C@@H](C)N(Cc1cccc(OC)c1)C(=O)CN(c1ccc(C)cc1)S(=O)(=O)c1ccc(SC)cc1. The molecule has 0 bridgehead atoms. The number of ether oxygens (including phenoxy) is 1. The molecule has 0 radical (unpaired) electrons. The molecule has 10 heteroatoms. The van der Waals surface area contributed by atoms with Crippen LogP contribution in [0.2, 0.25) is 0 Å². The highest BCUT2D eigenvalue weighted by molar-refractivity contribution is 7.98. The Morgan fingerprint density at radius 3 is 2.24 bits per heavy atom. The van der Waals surface area contributed by atoms with Crippen molar-refractivity contribution < 1.29 is 22.7 Å². The molecule has 0 unspecified atom stereocenters. The van der Waals surface area contributed by atoms with Crippen LogP contribution in [-0.4, -0.2) is 57.1 Å². The number of carbonyl (C=O) groups excluding carboxylic acids is 2. The van der Waals surface area contributed by atoms with Crippen LogP contribution in [0.1, 0.15) is 38.3 Å². The number of amides is 2. The predicted octanol–water partition coefficient (Wildman–Crippen LogP) is 5.25. The number of hydrogen-bond donors (Lipinski definition) is 1. The number of hydrogen-bond acceptors (Lipinski definition) is 6. The summed E-state index contributed by atoms with van der Waals surface area (Å²) in [6.45, 7) is 7.03. The highest BCUT2D eigenvalue weighted by Gasteiger charge is 2.32. The van der Waals surface area contributed by atoms with Crippen LogP contribution in [0.3, 0.4) is 0 Å². The molecular weight excluding hydrogens is 558 g/mol. The van der Waals surface area contributed by atoms with E-state index >= 15 is 0 Å². The van der Waals surface area contributed by atoms with Gasteiger partial charge in [0.25, 0.3) is 10.0 Å². The van der Waals surface area contributed by atoms with E-state index < -0.39 is 28.5 Å². The lowest BCUT2D eigenvalue weighted by Gasteiger charge is -2.32. The highest BCUT2D eigenvalue weighted by atomic mass is 32.2. The molecule has 2 atom stereocenters. The summed E-state index contributed by atoms with van der Waals surface area (Å²) in [4.78, 5) is 29.6. The van der Waals surface area contributed by atoms with Crippen molar-refractivity contribution in [3.8, 4) is 5.75 Å². The zero-order valence-corrected chi connectivity index (χ0v) is 26.1. The van der Waals surface area contributed by atoms with Crippen LogP contribution >= 0.6 is 11.8 Å². The summed E-state index contributed by atoms with van der Waals surface area (Å²) in [5, 5.41) is 2.94.